The largest absolute Gasteiger partial charge is 0.464 e. The third kappa shape index (κ3) is 3.46. The second-order valence-corrected chi connectivity index (χ2v) is 4.69. The molecule has 6 nitrogen and oxygen atoms in total. The zero-order valence-corrected chi connectivity index (χ0v) is 12.9. The number of carbonyl (C=O) groups excluding carboxylic acids is 3. The molecule has 1 unspecified atom stereocenters. The first kappa shape index (κ1) is 17.3. The van der Waals surface area contributed by atoms with Crippen LogP contribution in [-0.4, -0.2) is 36.5 Å². The summed E-state index contributed by atoms with van der Waals surface area (Å²) in [4.78, 5) is 35.3. The number of methoxy groups -OCH3 is 2. The minimum Gasteiger partial charge on any atom is -0.464 e. The van der Waals surface area contributed by atoms with E-state index in [0.29, 0.717) is 0 Å². The van der Waals surface area contributed by atoms with E-state index < -0.39 is 23.8 Å². The lowest BCUT2D eigenvalue weighted by Gasteiger charge is -2.18. The number of nitrogens with zero attached hydrogens (tertiary/aromatic N) is 1. The first-order chi connectivity index (χ1) is 9.88. The lowest BCUT2D eigenvalue weighted by Crippen LogP contribution is -2.29. The Hall–Kier alpha value is -1.79. The van der Waals surface area contributed by atoms with Gasteiger partial charge >= 0.3 is 11.9 Å². The predicted molar refractivity (Wildman–Crippen MR) is 76.7 cm³/mol. The summed E-state index contributed by atoms with van der Waals surface area (Å²) >= 11 is 11.9. The Morgan fingerprint density at radius 3 is 2.43 bits per heavy atom. The number of hydrogen-bond donors (Lipinski definition) is 0. The Balaban J connectivity index is 3.44. The minimum absolute atomic E-state index is 0.0448. The molecule has 0 aliphatic heterocycles. The van der Waals surface area contributed by atoms with Crippen molar-refractivity contribution in [2.45, 2.75) is 12.5 Å². The molecule has 0 bridgehead atoms. The molecule has 0 aliphatic rings. The van der Waals surface area contributed by atoms with Gasteiger partial charge in [-0.25, -0.2) is 9.59 Å². The molecule has 0 saturated heterocycles. The van der Waals surface area contributed by atoms with Gasteiger partial charge in [0.1, 0.15) is 16.9 Å². The fourth-order valence-corrected chi connectivity index (χ4v) is 2.22. The first-order valence-electron chi connectivity index (χ1n) is 5.76. The van der Waals surface area contributed by atoms with E-state index in [0.717, 1.165) is 11.7 Å². The summed E-state index contributed by atoms with van der Waals surface area (Å²) in [7, 11) is 2.25. The third-order valence-electron chi connectivity index (χ3n) is 2.72. The number of ether oxygens (including phenoxy) is 2. The Bertz CT molecular complexity index is 594. The van der Waals surface area contributed by atoms with Gasteiger partial charge in [-0.05, 0) is 12.5 Å². The topological polar surface area (TPSA) is 74.6 Å². The number of rotatable bonds is 6. The fourth-order valence-electron chi connectivity index (χ4n) is 1.76. The highest BCUT2D eigenvalue weighted by Gasteiger charge is 2.32. The highest BCUT2D eigenvalue weighted by atomic mass is 35.5. The summed E-state index contributed by atoms with van der Waals surface area (Å²) in [6.45, 7) is 3.51. The molecule has 0 aromatic carbocycles. The Kier molecular flexibility index (Phi) is 5.99. The number of Topliss-reactive ketones (excluding diaryl/α,β-unsaturated/α-hetero) is 1. The summed E-state index contributed by atoms with van der Waals surface area (Å²) in [6, 6.07) is 0.167. The van der Waals surface area contributed by atoms with Crippen LogP contribution in [0.25, 0.3) is 0 Å². The summed E-state index contributed by atoms with van der Waals surface area (Å²) < 4.78 is 10.2. The van der Waals surface area contributed by atoms with Crippen molar-refractivity contribution in [3.8, 4) is 0 Å². The van der Waals surface area contributed by atoms with E-state index >= 15 is 0 Å². The van der Waals surface area contributed by atoms with Crippen molar-refractivity contribution in [3.05, 3.63) is 34.6 Å². The smallest absolute Gasteiger partial charge is 0.376 e. The van der Waals surface area contributed by atoms with Crippen molar-refractivity contribution >= 4 is 40.9 Å². The van der Waals surface area contributed by atoms with Crippen molar-refractivity contribution in [1.82, 2.24) is 4.57 Å². The second kappa shape index (κ2) is 7.28. The van der Waals surface area contributed by atoms with Crippen molar-refractivity contribution < 1.29 is 23.9 Å². The van der Waals surface area contributed by atoms with Crippen LogP contribution in [0.3, 0.4) is 0 Å². The average Bonchev–Trinajstić information content (AvgIpc) is 2.78. The van der Waals surface area contributed by atoms with E-state index in [-0.39, 0.29) is 22.3 Å². The predicted octanol–water partition coefficient (Wildman–Crippen LogP) is 2.44. The van der Waals surface area contributed by atoms with Gasteiger partial charge in [-0.3, -0.25) is 4.79 Å². The molecule has 0 amide bonds. The van der Waals surface area contributed by atoms with Gasteiger partial charge in [0.25, 0.3) is 5.78 Å². The maximum absolute atomic E-state index is 12.1. The number of hydrogen-bond acceptors (Lipinski definition) is 5. The van der Waals surface area contributed by atoms with Gasteiger partial charge in [-0.2, -0.15) is 0 Å². The molecule has 21 heavy (non-hydrogen) atoms. The lowest BCUT2D eigenvalue weighted by atomic mass is 10.1. The maximum atomic E-state index is 12.1. The zero-order chi connectivity index (χ0) is 16.2. The van der Waals surface area contributed by atoms with Gasteiger partial charge in [0.05, 0.1) is 19.2 Å². The number of halogens is 2. The number of esters is 2. The molecule has 1 rings (SSSR count). The van der Waals surface area contributed by atoms with Crippen molar-refractivity contribution in [2.24, 2.45) is 0 Å². The number of allylic oxidation sites excluding steroid dienone is 1. The molecule has 8 heteroatoms. The molecule has 1 aromatic heterocycles. The Morgan fingerprint density at radius 1 is 1.33 bits per heavy atom. The van der Waals surface area contributed by atoms with Crippen LogP contribution >= 0.6 is 23.2 Å². The standard InChI is InChI=1S/C13H13Cl2NO5/c1-4-5-8(10(17)13(19)21-3)16-9(12(18)20-2)6-7(14)11(16)15/h4,6,8H,1,5H2,2-3H3. The van der Waals surface area contributed by atoms with Crippen LogP contribution in [0.5, 0.6) is 0 Å². The Labute approximate surface area is 131 Å². The van der Waals surface area contributed by atoms with E-state index in [4.69, 9.17) is 23.2 Å². The quantitative estimate of drug-likeness (QED) is 0.454. The van der Waals surface area contributed by atoms with E-state index in [1.54, 1.807) is 0 Å². The molecule has 0 fully saturated rings. The van der Waals surface area contributed by atoms with E-state index in [2.05, 4.69) is 16.1 Å². The van der Waals surface area contributed by atoms with Crippen molar-refractivity contribution in [3.63, 3.8) is 0 Å². The first-order valence-corrected chi connectivity index (χ1v) is 6.52. The molecule has 1 aromatic rings. The second-order valence-electron chi connectivity index (χ2n) is 3.93. The van der Waals surface area contributed by atoms with Crippen molar-refractivity contribution in [1.29, 1.82) is 0 Å². The maximum Gasteiger partial charge on any atom is 0.376 e. The number of carbonyl (C=O) groups is 3. The van der Waals surface area contributed by atoms with Crippen LogP contribution in [0, 0.1) is 0 Å². The summed E-state index contributed by atoms with van der Waals surface area (Å²) in [5.74, 6) is -2.68. The molecule has 1 atom stereocenters. The SMILES string of the molecule is C=CCC(C(=O)C(=O)OC)n1c(C(=O)OC)cc(Cl)c1Cl. The third-order valence-corrected chi connectivity index (χ3v) is 3.49. The van der Waals surface area contributed by atoms with Gasteiger partial charge in [-0.15, -0.1) is 6.58 Å². The monoisotopic (exact) mass is 333 g/mol. The molecule has 0 spiro atoms. The summed E-state index contributed by atoms with van der Waals surface area (Å²) in [5.41, 5.74) is -0.0448. The van der Waals surface area contributed by atoms with Gasteiger partial charge in [0.2, 0.25) is 0 Å². The minimum atomic E-state index is -1.09. The van der Waals surface area contributed by atoms with Crippen LogP contribution in [0.4, 0.5) is 0 Å². The molecular weight excluding hydrogens is 321 g/mol. The van der Waals surface area contributed by atoms with Crippen LogP contribution in [0.2, 0.25) is 10.2 Å². The highest BCUT2D eigenvalue weighted by molar-refractivity contribution is 6.42. The van der Waals surface area contributed by atoms with Crippen LogP contribution in [0.15, 0.2) is 18.7 Å². The van der Waals surface area contributed by atoms with Crippen LogP contribution in [0.1, 0.15) is 23.0 Å². The van der Waals surface area contributed by atoms with Crippen LogP contribution < -0.4 is 0 Å². The zero-order valence-electron chi connectivity index (χ0n) is 11.4. The fraction of sp³-hybridized carbons (Fsp3) is 0.308. The van der Waals surface area contributed by atoms with Crippen LogP contribution in [-0.2, 0) is 19.1 Å². The van der Waals surface area contributed by atoms with Gasteiger partial charge in [-0.1, -0.05) is 29.3 Å². The normalized spacial score (nSPS) is 11.6. The number of aromatic nitrogens is 1. The number of ketones is 1. The highest BCUT2D eigenvalue weighted by Crippen LogP contribution is 2.32. The van der Waals surface area contributed by atoms with Crippen molar-refractivity contribution in [2.75, 3.05) is 14.2 Å². The van der Waals surface area contributed by atoms with Gasteiger partial charge < -0.3 is 14.0 Å². The lowest BCUT2D eigenvalue weighted by molar-refractivity contribution is -0.153. The summed E-state index contributed by atoms with van der Waals surface area (Å²) in [6.07, 6.45) is 1.47. The van der Waals surface area contributed by atoms with E-state index in [1.807, 2.05) is 0 Å². The summed E-state index contributed by atoms with van der Waals surface area (Å²) in [5, 5.41) is 0.00460. The molecular formula is C13H13Cl2NO5. The van der Waals surface area contributed by atoms with Gasteiger partial charge in [0.15, 0.2) is 0 Å². The molecule has 1 heterocycles. The molecule has 0 radical (unpaired) electrons. The van der Waals surface area contributed by atoms with E-state index in [9.17, 15) is 14.4 Å². The van der Waals surface area contributed by atoms with E-state index in [1.165, 1.54) is 19.3 Å². The molecule has 114 valence electrons. The molecule has 0 saturated carbocycles. The Morgan fingerprint density at radius 2 is 1.95 bits per heavy atom. The average molecular weight is 334 g/mol. The van der Waals surface area contributed by atoms with Gasteiger partial charge in [0, 0.05) is 0 Å². The molecule has 0 N–H and O–H groups in total. The molecule has 0 aliphatic carbocycles.